The Balaban J connectivity index is 1.16. The summed E-state index contributed by atoms with van der Waals surface area (Å²) in [7, 11) is 5.65. The molecule has 3 heterocycles. The second-order valence-corrected chi connectivity index (χ2v) is 11.3. The van der Waals surface area contributed by atoms with Crippen molar-refractivity contribution in [1.82, 2.24) is 25.0 Å². The molecule has 0 saturated carbocycles. The molecule has 0 spiro atoms. The third kappa shape index (κ3) is 8.30. The first-order chi connectivity index (χ1) is 19.2. The minimum absolute atomic E-state index is 0.0134. The molecule has 0 radical (unpaired) electrons. The molecule has 1 amide bonds. The summed E-state index contributed by atoms with van der Waals surface area (Å²) in [5, 5.41) is 3.31. The number of nitrogens with one attached hydrogen (secondary N) is 1. The van der Waals surface area contributed by atoms with Gasteiger partial charge in [-0.05, 0) is 63.5 Å². The van der Waals surface area contributed by atoms with Gasteiger partial charge in [0.25, 0.3) is 5.91 Å². The van der Waals surface area contributed by atoms with Gasteiger partial charge >= 0.3 is 5.97 Å². The lowest BCUT2D eigenvalue weighted by atomic mass is 10.0. The number of hydrogen-bond donors (Lipinski definition) is 2. The van der Waals surface area contributed by atoms with Crippen LogP contribution in [0.3, 0.4) is 0 Å². The summed E-state index contributed by atoms with van der Waals surface area (Å²) in [6, 6.07) is 9.32. The number of anilines is 1. The van der Waals surface area contributed by atoms with Crippen LogP contribution in [0.4, 0.5) is 5.82 Å². The highest BCUT2D eigenvalue weighted by Gasteiger charge is 2.24. The van der Waals surface area contributed by atoms with Crippen molar-refractivity contribution in [2.24, 2.45) is 0 Å². The van der Waals surface area contributed by atoms with Gasteiger partial charge in [-0.3, -0.25) is 4.79 Å². The molecule has 40 heavy (non-hydrogen) atoms. The quantitative estimate of drug-likeness (QED) is 0.415. The number of carbonyl (C=O) groups is 2. The van der Waals surface area contributed by atoms with E-state index in [1.807, 2.05) is 24.3 Å². The Bertz CT molecular complexity index is 1150. The SMILES string of the molecule is COc1nc(N)c(Cl)cc1C(=O)NC1CCN(CCN(C)Cc2ccc(C(=O)OC3CCN(C)CC3)cc2)CC1. The van der Waals surface area contributed by atoms with E-state index in [9.17, 15) is 9.59 Å². The van der Waals surface area contributed by atoms with Crippen LogP contribution in [0.25, 0.3) is 0 Å². The van der Waals surface area contributed by atoms with Crippen molar-refractivity contribution < 1.29 is 19.1 Å². The third-order valence-electron chi connectivity index (χ3n) is 7.71. The highest BCUT2D eigenvalue weighted by Crippen LogP contribution is 2.25. The second-order valence-electron chi connectivity index (χ2n) is 10.8. The van der Waals surface area contributed by atoms with Crippen molar-refractivity contribution in [3.63, 3.8) is 0 Å². The second kappa shape index (κ2) is 14.1. The number of benzene rings is 1. The van der Waals surface area contributed by atoms with Gasteiger partial charge in [0, 0.05) is 51.9 Å². The lowest BCUT2D eigenvalue weighted by Gasteiger charge is -2.33. The first-order valence-electron chi connectivity index (χ1n) is 13.9. The molecule has 4 rings (SSSR count). The average molecular weight is 573 g/mol. The summed E-state index contributed by atoms with van der Waals surface area (Å²) < 4.78 is 10.9. The summed E-state index contributed by atoms with van der Waals surface area (Å²) in [6.45, 7) is 6.41. The molecule has 0 atom stereocenters. The number of carbonyl (C=O) groups excluding carboxylic acids is 2. The van der Waals surface area contributed by atoms with Crippen LogP contribution in [0.15, 0.2) is 30.3 Å². The molecule has 218 valence electrons. The van der Waals surface area contributed by atoms with Crippen LogP contribution in [-0.2, 0) is 11.3 Å². The fourth-order valence-corrected chi connectivity index (χ4v) is 5.29. The van der Waals surface area contributed by atoms with Crippen molar-refractivity contribution in [3.05, 3.63) is 52.0 Å². The molecule has 0 bridgehead atoms. The number of rotatable bonds is 10. The monoisotopic (exact) mass is 572 g/mol. The van der Waals surface area contributed by atoms with Gasteiger partial charge in [0.05, 0.1) is 17.7 Å². The minimum atomic E-state index is -0.259. The molecule has 2 aliphatic heterocycles. The largest absolute Gasteiger partial charge is 0.480 e. The average Bonchev–Trinajstić information content (AvgIpc) is 2.95. The molecule has 0 aliphatic carbocycles. The zero-order valence-electron chi connectivity index (χ0n) is 23.7. The number of halogens is 1. The number of esters is 1. The Morgan fingerprint density at radius 2 is 1.80 bits per heavy atom. The summed E-state index contributed by atoms with van der Waals surface area (Å²) >= 11 is 6.06. The van der Waals surface area contributed by atoms with Crippen molar-refractivity contribution in [1.29, 1.82) is 0 Å². The zero-order valence-corrected chi connectivity index (χ0v) is 24.5. The standard InChI is InChI=1S/C29H41ClN6O4/c1-34-12-10-23(11-13-34)40-29(38)21-6-4-20(5-7-21)19-35(2)16-17-36-14-8-22(9-15-36)32-27(37)24-18-25(30)26(31)33-28(24)39-3/h4-7,18,22-23H,8-17,19H2,1-3H3,(H2,31,33)(H,32,37). The van der Waals surface area contributed by atoms with Crippen molar-refractivity contribution in [2.45, 2.75) is 44.4 Å². The van der Waals surface area contributed by atoms with Gasteiger partial charge in [-0.1, -0.05) is 23.7 Å². The minimum Gasteiger partial charge on any atom is -0.480 e. The smallest absolute Gasteiger partial charge is 0.338 e. The summed E-state index contributed by atoms with van der Waals surface area (Å²) in [5.74, 6) is -0.192. The van der Waals surface area contributed by atoms with Gasteiger partial charge in [-0.25, -0.2) is 4.79 Å². The number of hydrogen-bond acceptors (Lipinski definition) is 9. The Kier molecular flexibility index (Phi) is 10.6. The molecule has 2 fully saturated rings. The molecule has 10 nitrogen and oxygen atoms in total. The van der Waals surface area contributed by atoms with Crippen LogP contribution < -0.4 is 15.8 Å². The zero-order chi connectivity index (χ0) is 28.6. The van der Waals surface area contributed by atoms with E-state index in [0.29, 0.717) is 5.56 Å². The van der Waals surface area contributed by atoms with E-state index in [4.69, 9.17) is 26.8 Å². The van der Waals surface area contributed by atoms with E-state index in [-0.39, 0.29) is 46.3 Å². The summed E-state index contributed by atoms with van der Waals surface area (Å²) in [5.41, 5.74) is 7.78. The normalized spacial score (nSPS) is 17.6. The van der Waals surface area contributed by atoms with Gasteiger partial charge in [-0.2, -0.15) is 4.98 Å². The lowest BCUT2D eigenvalue weighted by Crippen LogP contribution is -2.46. The van der Waals surface area contributed by atoms with E-state index in [0.717, 1.165) is 77.1 Å². The molecule has 1 aromatic heterocycles. The van der Waals surface area contributed by atoms with E-state index in [1.165, 1.54) is 13.2 Å². The van der Waals surface area contributed by atoms with Gasteiger partial charge < -0.3 is 35.2 Å². The molecule has 3 N–H and O–H groups in total. The predicted molar refractivity (Wildman–Crippen MR) is 156 cm³/mol. The van der Waals surface area contributed by atoms with Gasteiger partial charge in [0.2, 0.25) is 5.88 Å². The van der Waals surface area contributed by atoms with Crippen molar-refractivity contribution >= 4 is 29.3 Å². The fraction of sp³-hybridized carbons (Fsp3) is 0.552. The number of aromatic nitrogens is 1. The summed E-state index contributed by atoms with van der Waals surface area (Å²) in [6.07, 6.45) is 3.53. The van der Waals surface area contributed by atoms with Crippen molar-refractivity contribution in [2.75, 3.05) is 66.2 Å². The van der Waals surface area contributed by atoms with E-state index in [2.05, 4.69) is 39.1 Å². The number of likely N-dealkylation sites (tertiary alicyclic amines) is 2. The molecule has 2 saturated heterocycles. The highest BCUT2D eigenvalue weighted by molar-refractivity contribution is 6.33. The van der Waals surface area contributed by atoms with E-state index < -0.39 is 0 Å². The predicted octanol–water partition coefficient (Wildman–Crippen LogP) is 2.90. The van der Waals surface area contributed by atoms with Crippen molar-refractivity contribution in [3.8, 4) is 5.88 Å². The maximum atomic E-state index is 12.8. The van der Waals surface area contributed by atoms with E-state index in [1.54, 1.807) is 0 Å². The lowest BCUT2D eigenvalue weighted by molar-refractivity contribution is 0.0139. The number of ether oxygens (including phenoxy) is 2. The maximum absolute atomic E-state index is 12.8. The Morgan fingerprint density at radius 3 is 2.45 bits per heavy atom. The Hall–Kier alpha value is -2.92. The number of likely N-dealkylation sites (N-methyl/N-ethyl adjacent to an activating group) is 1. The number of methoxy groups -OCH3 is 1. The van der Waals surface area contributed by atoms with Crippen LogP contribution in [0, 0.1) is 0 Å². The van der Waals surface area contributed by atoms with Gasteiger partial charge in [0.15, 0.2) is 0 Å². The topological polar surface area (TPSA) is 113 Å². The molecular formula is C29H41ClN6O4. The molecule has 11 heteroatoms. The molecule has 1 aromatic carbocycles. The van der Waals surface area contributed by atoms with Crippen LogP contribution in [0.5, 0.6) is 5.88 Å². The van der Waals surface area contributed by atoms with E-state index >= 15 is 0 Å². The maximum Gasteiger partial charge on any atom is 0.338 e. The number of nitrogens with two attached hydrogens (primary N) is 1. The first kappa shape index (κ1) is 30.0. The van der Waals surface area contributed by atoms with Gasteiger partial charge in [0.1, 0.15) is 17.5 Å². The number of amides is 1. The molecule has 0 unspecified atom stereocenters. The molecule has 2 aromatic rings. The van der Waals surface area contributed by atoms with Crippen LogP contribution in [-0.4, -0.2) is 104 Å². The number of nitrogen functional groups attached to an aromatic ring is 1. The van der Waals surface area contributed by atoms with Crippen LogP contribution in [0.2, 0.25) is 5.02 Å². The molecule has 2 aliphatic rings. The Labute approximate surface area is 241 Å². The highest BCUT2D eigenvalue weighted by atomic mass is 35.5. The first-order valence-corrected chi connectivity index (χ1v) is 14.3. The fourth-order valence-electron chi connectivity index (χ4n) is 5.14. The Morgan fingerprint density at radius 1 is 1.12 bits per heavy atom. The third-order valence-corrected chi connectivity index (χ3v) is 8.01. The summed E-state index contributed by atoms with van der Waals surface area (Å²) in [4.78, 5) is 36.3. The number of piperidine rings is 2. The van der Waals surface area contributed by atoms with Gasteiger partial charge in [-0.15, -0.1) is 0 Å². The van der Waals surface area contributed by atoms with Crippen LogP contribution >= 0.6 is 11.6 Å². The molecular weight excluding hydrogens is 532 g/mol. The number of nitrogens with zero attached hydrogens (tertiary/aromatic N) is 4. The number of pyridine rings is 1. The van der Waals surface area contributed by atoms with Crippen LogP contribution in [0.1, 0.15) is 52.0 Å².